The maximum absolute atomic E-state index is 5.43. The first-order chi connectivity index (χ1) is 7.75. The van der Waals surface area contributed by atoms with Crippen molar-refractivity contribution in [1.82, 2.24) is 9.80 Å². The van der Waals surface area contributed by atoms with Crippen LogP contribution in [0.5, 0.6) is 0 Å². The van der Waals surface area contributed by atoms with E-state index in [1.54, 1.807) is 0 Å². The number of rotatable bonds is 3. The second-order valence-corrected chi connectivity index (χ2v) is 5.57. The third kappa shape index (κ3) is 3.44. The van der Waals surface area contributed by atoms with Gasteiger partial charge in [-0.2, -0.15) is 0 Å². The van der Waals surface area contributed by atoms with E-state index in [4.69, 9.17) is 4.74 Å². The average molecular weight is 226 g/mol. The van der Waals surface area contributed by atoms with Crippen LogP contribution in [0.1, 0.15) is 26.7 Å². The van der Waals surface area contributed by atoms with Crippen LogP contribution in [0.3, 0.4) is 0 Å². The van der Waals surface area contributed by atoms with E-state index < -0.39 is 0 Å². The molecule has 0 spiro atoms. The summed E-state index contributed by atoms with van der Waals surface area (Å²) in [6, 6.07) is 0.801. The Kier molecular flexibility index (Phi) is 4.62. The lowest BCUT2D eigenvalue weighted by Gasteiger charge is -2.41. The van der Waals surface area contributed by atoms with Crippen LogP contribution in [0.2, 0.25) is 0 Å². The molecule has 0 amide bonds. The fourth-order valence-corrected chi connectivity index (χ4v) is 2.88. The van der Waals surface area contributed by atoms with Crippen LogP contribution in [0.4, 0.5) is 0 Å². The molecule has 2 fully saturated rings. The van der Waals surface area contributed by atoms with Gasteiger partial charge in [0.2, 0.25) is 0 Å². The van der Waals surface area contributed by atoms with Crippen LogP contribution in [-0.4, -0.2) is 61.8 Å². The molecule has 2 heterocycles. The molecular formula is C13H26N2O. The van der Waals surface area contributed by atoms with Crippen LogP contribution >= 0.6 is 0 Å². The van der Waals surface area contributed by atoms with Gasteiger partial charge in [-0.1, -0.05) is 13.8 Å². The Balaban J connectivity index is 1.71. The lowest BCUT2D eigenvalue weighted by molar-refractivity contribution is 0.0123. The first-order valence-corrected chi connectivity index (χ1v) is 6.80. The van der Waals surface area contributed by atoms with Crippen LogP contribution in [0.15, 0.2) is 0 Å². The minimum absolute atomic E-state index is 0.801. The Labute approximate surface area is 99.7 Å². The number of ether oxygens (including phenoxy) is 1. The van der Waals surface area contributed by atoms with Gasteiger partial charge in [-0.3, -0.25) is 4.90 Å². The maximum Gasteiger partial charge on any atom is 0.0480 e. The quantitative estimate of drug-likeness (QED) is 0.724. The minimum atomic E-state index is 0.801. The maximum atomic E-state index is 5.43. The van der Waals surface area contributed by atoms with E-state index in [-0.39, 0.29) is 0 Å². The molecule has 2 aliphatic rings. The number of hydrogen-bond acceptors (Lipinski definition) is 3. The van der Waals surface area contributed by atoms with Gasteiger partial charge in [0.05, 0.1) is 0 Å². The Morgan fingerprint density at radius 3 is 2.25 bits per heavy atom. The average Bonchev–Trinajstić information content (AvgIpc) is 2.30. The zero-order valence-corrected chi connectivity index (χ0v) is 10.8. The molecule has 0 aliphatic carbocycles. The fourth-order valence-electron chi connectivity index (χ4n) is 2.88. The molecule has 0 N–H and O–H groups in total. The standard InChI is InChI=1S/C13H26N2O/c1-12(2)11-14-5-7-15(8-6-14)13-3-9-16-10-4-13/h12-13H,3-11H2,1-2H3. The van der Waals surface area contributed by atoms with E-state index in [1.165, 1.54) is 45.6 Å². The minimum Gasteiger partial charge on any atom is -0.381 e. The lowest BCUT2D eigenvalue weighted by Crippen LogP contribution is -2.52. The van der Waals surface area contributed by atoms with Gasteiger partial charge in [0, 0.05) is 52.0 Å². The van der Waals surface area contributed by atoms with Crippen molar-refractivity contribution in [3.05, 3.63) is 0 Å². The van der Waals surface area contributed by atoms with Crippen LogP contribution in [0.25, 0.3) is 0 Å². The van der Waals surface area contributed by atoms with Crippen molar-refractivity contribution in [2.75, 3.05) is 45.9 Å². The summed E-state index contributed by atoms with van der Waals surface area (Å²) in [5.74, 6) is 0.801. The normalized spacial score (nSPS) is 26.4. The highest BCUT2D eigenvalue weighted by Gasteiger charge is 2.25. The molecule has 0 aromatic carbocycles. The number of piperazine rings is 1. The number of nitrogens with zero attached hydrogens (tertiary/aromatic N) is 2. The molecule has 3 heteroatoms. The highest BCUT2D eigenvalue weighted by Crippen LogP contribution is 2.16. The third-order valence-corrected chi connectivity index (χ3v) is 3.74. The smallest absolute Gasteiger partial charge is 0.0480 e. The SMILES string of the molecule is CC(C)CN1CCN(C2CCOCC2)CC1. The molecule has 2 aliphatic heterocycles. The topological polar surface area (TPSA) is 15.7 Å². The van der Waals surface area contributed by atoms with Gasteiger partial charge in [0.25, 0.3) is 0 Å². The molecule has 0 radical (unpaired) electrons. The lowest BCUT2D eigenvalue weighted by atomic mass is 10.1. The molecule has 94 valence electrons. The van der Waals surface area contributed by atoms with Gasteiger partial charge in [-0.25, -0.2) is 0 Å². The van der Waals surface area contributed by atoms with Crippen molar-refractivity contribution in [2.24, 2.45) is 5.92 Å². The summed E-state index contributed by atoms with van der Waals surface area (Å²) in [7, 11) is 0. The van der Waals surface area contributed by atoms with Gasteiger partial charge in [0.15, 0.2) is 0 Å². The molecule has 16 heavy (non-hydrogen) atoms. The Hall–Kier alpha value is -0.120. The van der Waals surface area contributed by atoms with Crippen molar-refractivity contribution < 1.29 is 4.74 Å². The summed E-state index contributed by atoms with van der Waals surface area (Å²) in [6.07, 6.45) is 2.48. The zero-order chi connectivity index (χ0) is 11.4. The van der Waals surface area contributed by atoms with Gasteiger partial charge < -0.3 is 9.64 Å². The molecule has 2 rings (SSSR count). The Morgan fingerprint density at radius 2 is 1.69 bits per heavy atom. The fraction of sp³-hybridized carbons (Fsp3) is 1.00. The van der Waals surface area contributed by atoms with Crippen molar-refractivity contribution in [3.63, 3.8) is 0 Å². The second-order valence-electron chi connectivity index (χ2n) is 5.57. The van der Waals surface area contributed by atoms with Crippen molar-refractivity contribution in [1.29, 1.82) is 0 Å². The summed E-state index contributed by atoms with van der Waals surface area (Å²) >= 11 is 0. The van der Waals surface area contributed by atoms with E-state index >= 15 is 0 Å². The van der Waals surface area contributed by atoms with Crippen LogP contribution in [-0.2, 0) is 4.74 Å². The van der Waals surface area contributed by atoms with E-state index in [9.17, 15) is 0 Å². The van der Waals surface area contributed by atoms with Gasteiger partial charge in [0.1, 0.15) is 0 Å². The van der Waals surface area contributed by atoms with E-state index in [0.717, 1.165) is 25.2 Å². The number of hydrogen-bond donors (Lipinski definition) is 0. The van der Waals surface area contributed by atoms with Gasteiger partial charge in [-0.05, 0) is 18.8 Å². The predicted octanol–water partition coefficient (Wildman–Crippen LogP) is 1.44. The first-order valence-electron chi connectivity index (χ1n) is 6.80. The highest BCUT2D eigenvalue weighted by atomic mass is 16.5. The van der Waals surface area contributed by atoms with Crippen molar-refractivity contribution in [3.8, 4) is 0 Å². The zero-order valence-electron chi connectivity index (χ0n) is 10.8. The predicted molar refractivity (Wildman–Crippen MR) is 66.7 cm³/mol. The summed E-state index contributed by atoms with van der Waals surface area (Å²) in [5, 5.41) is 0. The summed E-state index contributed by atoms with van der Waals surface area (Å²) < 4.78 is 5.43. The van der Waals surface area contributed by atoms with Gasteiger partial charge >= 0.3 is 0 Å². The van der Waals surface area contributed by atoms with E-state index in [2.05, 4.69) is 23.6 Å². The molecule has 0 aromatic rings. The molecule has 0 aromatic heterocycles. The van der Waals surface area contributed by atoms with Crippen LogP contribution in [0, 0.1) is 5.92 Å². The highest BCUT2D eigenvalue weighted by molar-refractivity contribution is 4.80. The third-order valence-electron chi connectivity index (χ3n) is 3.74. The second kappa shape index (κ2) is 5.99. The van der Waals surface area contributed by atoms with E-state index in [0.29, 0.717) is 0 Å². The Bertz CT molecular complexity index is 194. The molecule has 3 nitrogen and oxygen atoms in total. The summed E-state index contributed by atoms with van der Waals surface area (Å²) in [4.78, 5) is 5.29. The molecule has 0 saturated carbocycles. The molecular weight excluding hydrogens is 200 g/mol. The molecule has 0 atom stereocenters. The van der Waals surface area contributed by atoms with Crippen molar-refractivity contribution in [2.45, 2.75) is 32.7 Å². The largest absolute Gasteiger partial charge is 0.381 e. The monoisotopic (exact) mass is 226 g/mol. The van der Waals surface area contributed by atoms with Crippen molar-refractivity contribution >= 4 is 0 Å². The first kappa shape index (κ1) is 12.3. The Morgan fingerprint density at radius 1 is 1.06 bits per heavy atom. The molecule has 2 saturated heterocycles. The van der Waals surface area contributed by atoms with Crippen LogP contribution < -0.4 is 0 Å². The summed E-state index contributed by atoms with van der Waals surface area (Å²) in [6.45, 7) is 12.9. The molecule has 0 unspecified atom stereocenters. The van der Waals surface area contributed by atoms with Gasteiger partial charge in [-0.15, -0.1) is 0 Å². The van der Waals surface area contributed by atoms with E-state index in [1.807, 2.05) is 0 Å². The summed E-state index contributed by atoms with van der Waals surface area (Å²) in [5.41, 5.74) is 0. The molecule has 0 bridgehead atoms.